The Labute approximate surface area is 105 Å². The van der Waals surface area contributed by atoms with E-state index in [1.54, 1.807) is 21.6 Å². The van der Waals surface area contributed by atoms with E-state index in [1.807, 2.05) is 38.1 Å². The van der Waals surface area contributed by atoms with Gasteiger partial charge >= 0.3 is 5.97 Å². The number of carbonyl (C=O) groups excluding carboxylic acids is 1. The van der Waals surface area contributed by atoms with E-state index >= 15 is 0 Å². The maximum atomic E-state index is 11.5. The molecule has 0 radical (unpaired) electrons. The standard InChI is InChI=1S/C12H16O2S2/c1-4-15-16-11-8-6-5-7-10(11)14-12(13)9(2)3/h5-9H,4H2,1-3H3. The number of rotatable bonds is 5. The third-order valence-corrected chi connectivity index (χ3v) is 4.27. The topological polar surface area (TPSA) is 26.3 Å². The van der Waals surface area contributed by atoms with Crippen molar-refractivity contribution in [1.29, 1.82) is 0 Å². The fourth-order valence-electron chi connectivity index (χ4n) is 0.952. The molecule has 16 heavy (non-hydrogen) atoms. The van der Waals surface area contributed by atoms with Crippen molar-refractivity contribution in [2.24, 2.45) is 5.92 Å². The van der Waals surface area contributed by atoms with Gasteiger partial charge in [0.25, 0.3) is 0 Å². The summed E-state index contributed by atoms with van der Waals surface area (Å²) in [6, 6.07) is 7.63. The molecule has 0 heterocycles. The number of hydrogen-bond donors (Lipinski definition) is 0. The molecule has 0 amide bonds. The predicted octanol–water partition coefficient (Wildman–Crippen LogP) is 4.01. The molecule has 0 N–H and O–H groups in total. The normalized spacial score (nSPS) is 10.5. The molecule has 0 bridgehead atoms. The minimum absolute atomic E-state index is 0.100. The molecule has 0 saturated carbocycles. The third kappa shape index (κ3) is 4.10. The van der Waals surface area contributed by atoms with Gasteiger partial charge in [-0.05, 0) is 12.1 Å². The second-order valence-corrected chi connectivity index (χ2v) is 6.14. The maximum Gasteiger partial charge on any atom is 0.313 e. The van der Waals surface area contributed by atoms with E-state index < -0.39 is 0 Å². The first-order valence-electron chi connectivity index (χ1n) is 5.25. The van der Waals surface area contributed by atoms with Crippen LogP contribution in [0.15, 0.2) is 29.2 Å². The summed E-state index contributed by atoms with van der Waals surface area (Å²) >= 11 is 0. The monoisotopic (exact) mass is 256 g/mol. The molecule has 4 heteroatoms. The Balaban J connectivity index is 2.74. The van der Waals surface area contributed by atoms with E-state index in [0.717, 1.165) is 10.6 Å². The van der Waals surface area contributed by atoms with Gasteiger partial charge in [0.05, 0.1) is 10.8 Å². The predicted molar refractivity (Wildman–Crippen MR) is 70.9 cm³/mol. The van der Waals surface area contributed by atoms with Crippen molar-refractivity contribution in [3.05, 3.63) is 24.3 Å². The Morgan fingerprint density at radius 3 is 2.69 bits per heavy atom. The van der Waals surface area contributed by atoms with Crippen LogP contribution in [0.1, 0.15) is 20.8 Å². The summed E-state index contributed by atoms with van der Waals surface area (Å²) in [5, 5.41) is 0. The lowest BCUT2D eigenvalue weighted by Crippen LogP contribution is -2.15. The van der Waals surface area contributed by atoms with E-state index in [4.69, 9.17) is 4.74 Å². The van der Waals surface area contributed by atoms with Crippen molar-refractivity contribution in [3.63, 3.8) is 0 Å². The molecular weight excluding hydrogens is 240 g/mol. The van der Waals surface area contributed by atoms with Crippen LogP contribution in [0.3, 0.4) is 0 Å². The Bertz CT molecular complexity index is 351. The third-order valence-electron chi connectivity index (χ3n) is 1.80. The van der Waals surface area contributed by atoms with E-state index in [-0.39, 0.29) is 11.9 Å². The van der Waals surface area contributed by atoms with Crippen LogP contribution in [-0.4, -0.2) is 11.7 Å². The Hall–Kier alpha value is -0.610. The lowest BCUT2D eigenvalue weighted by Gasteiger charge is -2.10. The number of esters is 1. The summed E-state index contributed by atoms with van der Waals surface area (Å²) in [5.41, 5.74) is 0. The number of hydrogen-bond acceptors (Lipinski definition) is 4. The van der Waals surface area contributed by atoms with Gasteiger partial charge in [-0.2, -0.15) is 0 Å². The molecule has 1 aromatic carbocycles. The molecule has 1 rings (SSSR count). The van der Waals surface area contributed by atoms with Crippen LogP contribution < -0.4 is 4.74 Å². The lowest BCUT2D eigenvalue weighted by molar-refractivity contribution is -0.137. The number of para-hydroxylation sites is 1. The van der Waals surface area contributed by atoms with Crippen LogP contribution >= 0.6 is 21.6 Å². The van der Waals surface area contributed by atoms with Crippen molar-refractivity contribution in [1.82, 2.24) is 0 Å². The molecule has 0 aliphatic rings. The molecular formula is C12H16O2S2. The van der Waals surface area contributed by atoms with E-state index in [2.05, 4.69) is 6.92 Å². The summed E-state index contributed by atoms with van der Waals surface area (Å²) in [6.07, 6.45) is 0. The maximum absolute atomic E-state index is 11.5. The van der Waals surface area contributed by atoms with Gasteiger partial charge < -0.3 is 4.74 Å². The van der Waals surface area contributed by atoms with Crippen molar-refractivity contribution in [3.8, 4) is 5.75 Å². The number of benzene rings is 1. The van der Waals surface area contributed by atoms with Crippen LogP contribution in [0.4, 0.5) is 0 Å². The van der Waals surface area contributed by atoms with Crippen molar-refractivity contribution in [2.75, 3.05) is 5.75 Å². The van der Waals surface area contributed by atoms with Gasteiger partial charge in [-0.15, -0.1) is 0 Å². The molecule has 2 nitrogen and oxygen atoms in total. The SMILES string of the molecule is CCSSc1ccccc1OC(=O)C(C)C. The zero-order valence-electron chi connectivity index (χ0n) is 9.73. The first kappa shape index (κ1) is 13.5. The fourth-order valence-corrected chi connectivity index (χ4v) is 2.67. The van der Waals surface area contributed by atoms with Crippen LogP contribution in [-0.2, 0) is 4.79 Å². The summed E-state index contributed by atoms with van der Waals surface area (Å²) in [6.45, 7) is 5.76. The summed E-state index contributed by atoms with van der Waals surface area (Å²) in [4.78, 5) is 12.5. The molecule has 0 atom stereocenters. The minimum atomic E-state index is -0.186. The van der Waals surface area contributed by atoms with Crippen molar-refractivity contribution < 1.29 is 9.53 Å². The fraction of sp³-hybridized carbons (Fsp3) is 0.417. The highest BCUT2D eigenvalue weighted by atomic mass is 33.1. The van der Waals surface area contributed by atoms with Gasteiger partial charge in [-0.1, -0.05) is 54.5 Å². The van der Waals surface area contributed by atoms with E-state index in [9.17, 15) is 4.79 Å². The minimum Gasteiger partial charge on any atom is -0.425 e. The van der Waals surface area contributed by atoms with Gasteiger partial charge in [0.1, 0.15) is 5.75 Å². The Kier molecular flexibility index (Phi) is 5.77. The molecule has 1 aromatic rings. The molecule has 0 aliphatic carbocycles. The van der Waals surface area contributed by atoms with Gasteiger partial charge in [-0.25, -0.2) is 0 Å². The summed E-state index contributed by atoms with van der Waals surface area (Å²) in [7, 11) is 3.38. The zero-order valence-corrected chi connectivity index (χ0v) is 11.4. The van der Waals surface area contributed by atoms with Gasteiger partial charge in [0.15, 0.2) is 0 Å². The largest absolute Gasteiger partial charge is 0.425 e. The quantitative estimate of drug-likeness (QED) is 0.452. The average molecular weight is 256 g/mol. The molecule has 0 fully saturated rings. The van der Waals surface area contributed by atoms with Crippen LogP contribution in [0.5, 0.6) is 5.75 Å². The summed E-state index contributed by atoms with van der Waals surface area (Å²) in [5.74, 6) is 1.40. The van der Waals surface area contributed by atoms with Crippen LogP contribution in [0.25, 0.3) is 0 Å². The Morgan fingerprint density at radius 1 is 1.38 bits per heavy atom. The highest BCUT2D eigenvalue weighted by Gasteiger charge is 2.12. The zero-order chi connectivity index (χ0) is 12.0. The number of ether oxygens (including phenoxy) is 1. The first-order valence-corrected chi connectivity index (χ1v) is 7.57. The summed E-state index contributed by atoms with van der Waals surface area (Å²) < 4.78 is 5.33. The smallest absolute Gasteiger partial charge is 0.313 e. The Morgan fingerprint density at radius 2 is 2.06 bits per heavy atom. The first-order chi connectivity index (χ1) is 7.65. The molecule has 0 spiro atoms. The second-order valence-electron chi connectivity index (χ2n) is 3.51. The van der Waals surface area contributed by atoms with Crippen LogP contribution in [0, 0.1) is 5.92 Å². The van der Waals surface area contributed by atoms with E-state index in [1.165, 1.54) is 0 Å². The molecule has 0 aliphatic heterocycles. The van der Waals surface area contributed by atoms with E-state index in [0.29, 0.717) is 5.75 Å². The van der Waals surface area contributed by atoms with Crippen molar-refractivity contribution >= 4 is 27.6 Å². The van der Waals surface area contributed by atoms with Crippen LogP contribution in [0.2, 0.25) is 0 Å². The molecule has 0 aromatic heterocycles. The van der Waals surface area contributed by atoms with Gasteiger partial charge in [0.2, 0.25) is 0 Å². The number of carbonyl (C=O) groups is 1. The lowest BCUT2D eigenvalue weighted by atomic mass is 10.2. The average Bonchev–Trinajstić information content (AvgIpc) is 2.27. The van der Waals surface area contributed by atoms with Gasteiger partial charge in [0, 0.05) is 5.75 Å². The van der Waals surface area contributed by atoms with Crippen molar-refractivity contribution in [2.45, 2.75) is 25.7 Å². The highest BCUT2D eigenvalue weighted by molar-refractivity contribution is 8.76. The van der Waals surface area contributed by atoms with Gasteiger partial charge in [-0.3, -0.25) is 4.79 Å². The molecule has 0 saturated heterocycles. The second kappa shape index (κ2) is 6.86. The molecule has 0 unspecified atom stereocenters. The highest BCUT2D eigenvalue weighted by Crippen LogP contribution is 2.37. The molecule has 88 valence electrons.